The van der Waals surface area contributed by atoms with Gasteiger partial charge in [-0.25, -0.2) is 9.36 Å². The van der Waals surface area contributed by atoms with Gasteiger partial charge in [0.05, 0.1) is 6.67 Å². The molecule has 2 N–H and O–H groups in total. The standard InChI is InChI=1S/C16H23N3O2/c1-11(2)18(12(3)4)10-19-15(20)14(17-16(19)21)13-8-6-5-7-9-13/h5-9,11-12,20H,10H2,1-4H3,(H,17,21). The quantitative estimate of drug-likeness (QED) is 0.889. The zero-order valence-electron chi connectivity index (χ0n) is 13.0. The molecule has 0 amide bonds. The van der Waals surface area contributed by atoms with Gasteiger partial charge in [0.1, 0.15) is 5.69 Å². The molecule has 0 aliphatic heterocycles. The van der Waals surface area contributed by atoms with Gasteiger partial charge in [-0.15, -0.1) is 0 Å². The molecule has 0 aliphatic rings. The van der Waals surface area contributed by atoms with Crippen LogP contribution in [0.25, 0.3) is 11.3 Å². The highest BCUT2D eigenvalue weighted by atomic mass is 16.3. The van der Waals surface area contributed by atoms with E-state index in [1.165, 1.54) is 4.57 Å². The van der Waals surface area contributed by atoms with Crippen molar-refractivity contribution in [2.75, 3.05) is 0 Å². The minimum Gasteiger partial charge on any atom is -0.493 e. The third-order valence-electron chi connectivity index (χ3n) is 3.65. The summed E-state index contributed by atoms with van der Waals surface area (Å²) in [5, 5.41) is 10.4. The molecule has 1 aromatic carbocycles. The van der Waals surface area contributed by atoms with Crippen molar-refractivity contribution < 1.29 is 5.11 Å². The molecule has 2 aromatic rings. The number of hydrogen-bond donors (Lipinski definition) is 2. The van der Waals surface area contributed by atoms with Gasteiger partial charge in [-0.1, -0.05) is 30.3 Å². The summed E-state index contributed by atoms with van der Waals surface area (Å²) in [4.78, 5) is 17.0. The minimum absolute atomic E-state index is 0.0162. The van der Waals surface area contributed by atoms with Crippen LogP contribution in [0.1, 0.15) is 27.7 Å². The monoisotopic (exact) mass is 289 g/mol. The van der Waals surface area contributed by atoms with Gasteiger partial charge in [0.15, 0.2) is 0 Å². The highest BCUT2D eigenvalue weighted by Crippen LogP contribution is 2.26. The van der Waals surface area contributed by atoms with E-state index in [9.17, 15) is 9.90 Å². The van der Waals surface area contributed by atoms with Gasteiger partial charge in [-0.2, -0.15) is 0 Å². The molecule has 5 nitrogen and oxygen atoms in total. The molecule has 1 aromatic heterocycles. The van der Waals surface area contributed by atoms with Gasteiger partial charge in [-0.05, 0) is 27.7 Å². The molecular formula is C16H23N3O2. The van der Waals surface area contributed by atoms with Gasteiger partial charge in [0.25, 0.3) is 0 Å². The van der Waals surface area contributed by atoms with Gasteiger partial charge in [0, 0.05) is 17.6 Å². The molecule has 0 saturated heterocycles. The number of hydrogen-bond acceptors (Lipinski definition) is 3. The smallest absolute Gasteiger partial charge is 0.330 e. The van der Waals surface area contributed by atoms with Gasteiger partial charge in [-0.3, -0.25) is 4.90 Å². The SMILES string of the molecule is CC(C)N(Cn1c(O)c(-c2ccccc2)[nH]c1=O)C(C)C. The number of aromatic hydroxyl groups is 1. The second kappa shape index (κ2) is 6.18. The summed E-state index contributed by atoms with van der Waals surface area (Å²) in [5.41, 5.74) is 0.970. The maximum absolute atomic E-state index is 12.1. The van der Waals surface area contributed by atoms with Gasteiger partial charge < -0.3 is 10.1 Å². The van der Waals surface area contributed by atoms with E-state index in [4.69, 9.17) is 0 Å². The largest absolute Gasteiger partial charge is 0.493 e. The number of aromatic nitrogens is 2. The molecule has 21 heavy (non-hydrogen) atoms. The van der Waals surface area contributed by atoms with Crippen molar-refractivity contribution in [2.24, 2.45) is 0 Å². The molecule has 0 saturated carbocycles. The lowest BCUT2D eigenvalue weighted by molar-refractivity contribution is 0.123. The average molecular weight is 289 g/mol. The highest BCUT2D eigenvalue weighted by Gasteiger charge is 2.20. The molecule has 0 unspecified atom stereocenters. The Morgan fingerprint density at radius 3 is 2.24 bits per heavy atom. The summed E-state index contributed by atoms with van der Waals surface area (Å²) in [5.74, 6) is -0.0162. The zero-order chi connectivity index (χ0) is 15.6. The Bertz CT molecular complexity index is 633. The lowest BCUT2D eigenvalue weighted by Crippen LogP contribution is -2.40. The predicted octanol–water partition coefficient (Wildman–Crippen LogP) is 2.63. The normalized spacial score (nSPS) is 11.8. The topological polar surface area (TPSA) is 61.3 Å². The lowest BCUT2D eigenvalue weighted by Gasteiger charge is -2.30. The van der Waals surface area contributed by atoms with E-state index in [1.807, 2.05) is 30.3 Å². The third-order valence-corrected chi connectivity index (χ3v) is 3.65. The number of nitrogens with zero attached hydrogens (tertiary/aromatic N) is 2. The van der Waals surface area contributed by atoms with E-state index in [0.717, 1.165) is 5.56 Å². The van der Waals surface area contributed by atoms with Crippen molar-refractivity contribution in [1.29, 1.82) is 0 Å². The Labute approximate surface area is 124 Å². The summed E-state index contributed by atoms with van der Waals surface area (Å²) >= 11 is 0. The number of benzene rings is 1. The maximum Gasteiger partial charge on any atom is 0.330 e. The van der Waals surface area contributed by atoms with E-state index < -0.39 is 0 Å². The Balaban J connectivity index is 2.39. The van der Waals surface area contributed by atoms with Crippen LogP contribution >= 0.6 is 0 Å². The summed E-state index contributed by atoms with van der Waals surface area (Å²) in [6, 6.07) is 9.93. The van der Waals surface area contributed by atoms with E-state index >= 15 is 0 Å². The Morgan fingerprint density at radius 2 is 1.71 bits per heavy atom. The second-order valence-electron chi connectivity index (χ2n) is 5.77. The van der Waals surface area contributed by atoms with Crippen LogP contribution in [0.15, 0.2) is 35.1 Å². The minimum atomic E-state index is -0.294. The first kappa shape index (κ1) is 15.4. The van der Waals surface area contributed by atoms with Crippen molar-refractivity contribution in [3.63, 3.8) is 0 Å². The van der Waals surface area contributed by atoms with Crippen LogP contribution in [0.3, 0.4) is 0 Å². The van der Waals surface area contributed by atoms with E-state index in [1.54, 1.807) is 0 Å². The van der Waals surface area contributed by atoms with Crippen LogP contribution < -0.4 is 5.69 Å². The van der Waals surface area contributed by atoms with Crippen molar-refractivity contribution in [1.82, 2.24) is 14.5 Å². The number of imidazole rings is 1. The average Bonchev–Trinajstić information content (AvgIpc) is 2.72. The number of nitrogens with one attached hydrogen (secondary N) is 1. The fourth-order valence-corrected chi connectivity index (χ4v) is 2.48. The molecule has 0 radical (unpaired) electrons. The van der Waals surface area contributed by atoms with Gasteiger partial charge >= 0.3 is 5.69 Å². The van der Waals surface area contributed by atoms with Crippen LogP contribution in [0.4, 0.5) is 0 Å². The van der Waals surface area contributed by atoms with E-state index in [0.29, 0.717) is 12.4 Å². The summed E-state index contributed by atoms with van der Waals surface area (Å²) < 4.78 is 1.38. The van der Waals surface area contributed by atoms with Crippen LogP contribution in [0.5, 0.6) is 5.88 Å². The molecule has 5 heteroatoms. The fourth-order valence-electron chi connectivity index (χ4n) is 2.48. The molecule has 0 aliphatic carbocycles. The molecule has 0 spiro atoms. The van der Waals surface area contributed by atoms with Crippen LogP contribution in [-0.2, 0) is 6.67 Å². The Morgan fingerprint density at radius 1 is 1.14 bits per heavy atom. The lowest BCUT2D eigenvalue weighted by atomic mass is 10.2. The molecule has 0 atom stereocenters. The molecule has 114 valence electrons. The number of rotatable bonds is 5. The Hall–Kier alpha value is -2.01. The predicted molar refractivity (Wildman–Crippen MR) is 84.3 cm³/mol. The van der Waals surface area contributed by atoms with E-state index in [2.05, 4.69) is 37.6 Å². The first-order chi connectivity index (χ1) is 9.91. The second-order valence-corrected chi connectivity index (χ2v) is 5.77. The van der Waals surface area contributed by atoms with Crippen molar-refractivity contribution in [2.45, 2.75) is 46.4 Å². The number of aromatic amines is 1. The van der Waals surface area contributed by atoms with Crippen LogP contribution in [0.2, 0.25) is 0 Å². The molecule has 2 rings (SSSR count). The van der Waals surface area contributed by atoms with Crippen LogP contribution in [-0.4, -0.2) is 31.6 Å². The molecule has 1 heterocycles. The summed E-state index contributed by atoms with van der Waals surface area (Å²) in [6.45, 7) is 8.67. The summed E-state index contributed by atoms with van der Waals surface area (Å²) in [7, 11) is 0. The Kier molecular flexibility index (Phi) is 4.53. The van der Waals surface area contributed by atoms with Gasteiger partial charge in [0.2, 0.25) is 5.88 Å². The van der Waals surface area contributed by atoms with Crippen LogP contribution in [0, 0.1) is 0 Å². The summed E-state index contributed by atoms with van der Waals surface area (Å²) in [6.07, 6.45) is 0. The fraction of sp³-hybridized carbons (Fsp3) is 0.438. The number of H-pyrrole nitrogens is 1. The maximum atomic E-state index is 12.1. The first-order valence-electron chi connectivity index (χ1n) is 7.24. The van der Waals surface area contributed by atoms with E-state index in [-0.39, 0.29) is 23.7 Å². The molecule has 0 fully saturated rings. The third kappa shape index (κ3) is 3.19. The zero-order valence-corrected chi connectivity index (χ0v) is 13.0. The molecule has 0 bridgehead atoms. The first-order valence-corrected chi connectivity index (χ1v) is 7.24. The van der Waals surface area contributed by atoms with Crippen molar-refractivity contribution >= 4 is 0 Å². The highest BCUT2D eigenvalue weighted by molar-refractivity contribution is 5.64. The molecular weight excluding hydrogens is 266 g/mol. The van der Waals surface area contributed by atoms with Crippen molar-refractivity contribution in [3.8, 4) is 17.1 Å². The van der Waals surface area contributed by atoms with Crippen molar-refractivity contribution in [3.05, 3.63) is 40.8 Å².